The van der Waals surface area contributed by atoms with Crippen LogP contribution in [0.25, 0.3) is 0 Å². The Morgan fingerprint density at radius 3 is 2.68 bits per heavy atom. The summed E-state index contributed by atoms with van der Waals surface area (Å²) in [6.45, 7) is 1.94. The van der Waals surface area contributed by atoms with E-state index in [-0.39, 0.29) is 5.91 Å². The first-order chi connectivity index (χ1) is 8.97. The molecule has 0 spiro atoms. The zero-order valence-electron chi connectivity index (χ0n) is 10.2. The molecule has 0 unspecified atom stereocenters. The van der Waals surface area contributed by atoms with Gasteiger partial charge in [-0.05, 0) is 58.7 Å². The van der Waals surface area contributed by atoms with Gasteiger partial charge in [0.1, 0.15) is 0 Å². The smallest absolute Gasteiger partial charge is 0.256 e. The van der Waals surface area contributed by atoms with Gasteiger partial charge in [-0.3, -0.25) is 4.79 Å². The van der Waals surface area contributed by atoms with Gasteiger partial charge in [-0.1, -0.05) is 17.7 Å². The molecule has 19 heavy (non-hydrogen) atoms. The summed E-state index contributed by atoms with van der Waals surface area (Å²) in [6.07, 6.45) is 0. The Morgan fingerprint density at radius 2 is 2.00 bits per heavy atom. The van der Waals surface area contributed by atoms with Crippen LogP contribution >= 0.6 is 27.5 Å². The monoisotopic (exact) mass is 338 g/mol. The summed E-state index contributed by atoms with van der Waals surface area (Å²) in [5.41, 5.74) is 8.50. The highest BCUT2D eigenvalue weighted by atomic mass is 79.9. The van der Waals surface area contributed by atoms with Gasteiger partial charge in [-0.15, -0.1) is 0 Å². The highest BCUT2D eigenvalue weighted by molar-refractivity contribution is 9.10. The summed E-state index contributed by atoms with van der Waals surface area (Å²) in [7, 11) is 0. The van der Waals surface area contributed by atoms with E-state index in [1.54, 1.807) is 24.3 Å². The van der Waals surface area contributed by atoms with Gasteiger partial charge in [0.2, 0.25) is 0 Å². The Balaban J connectivity index is 2.28. The van der Waals surface area contributed by atoms with Crippen LogP contribution in [0.3, 0.4) is 0 Å². The van der Waals surface area contributed by atoms with Crippen molar-refractivity contribution in [3.63, 3.8) is 0 Å². The fourth-order valence-electron chi connectivity index (χ4n) is 1.64. The minimum atomic E-state index is -0.235. The topological polar surface area (TPSA) is 55.1 Å². The maximum Gasteiger partial charge on any atom is 0.256 e. The second-order valence-electron chi connectivity index (χ2n) is 4.17. The normalized spacial score (nSPS) is 10.3. The summed E-state index contributed by atoms with van der Waals surface area (Å²) >= 11 is 9.16. The SMILES string of the molecule is Cc1ccc(N)c(NC(=O)c2ccc(Cl)cc2Br)c1. The molecule has 0 fully saturated rings. The molecule has 0 aliphatic heterocycles. The van der Waals surface area contributed by atoms with Gasteiger partial charge < -0.3 is 11.1 Å². The maximum atomic E-state index is 12.2. The van der Waals surface area contributed by atoms with Crippen molar-refractivity contribution in [3.05, 3.63) is 57.0 Å². The van der Waals surface area contributed by atoms with Crippen LogP contribution in [0.1, 0.15) is 15.9 Å². The zero-order valence-corrected chi connectivity index (χ0v) is 12.5. The number of hydrogen-bond donors (Lipinski definition) is 2. The number of rotatable bonds is 2. The van der Waals surface area contributed by atoms with E-state index in [9.17, 15) is 4.79 Å². The van der Waals surface area contributed by atoms with Crippen molar-refractivity contribution in [2.45, 2.75) is 6.92 Å². The lowest BCUT2D eigenvalue weighted by atomic mass is 10.1. The molecule has 0 aliphatic rings. The molecule has 3 N–H and O–H groups in total. The van der Waals surface area contributed by atoms with Crippen LogP contribution in [-0.4, -0.2) is 5.91 Å². The molecule has 0 saturated carbocycles. The summed E-state index contributed by atoms with van der Waals surface area (Å²) in [4.78, 5) is 12.2. The van der Waals surface area contributed by atoms with Crippen LogP contribution < -0.4 is 11.1 Å². The Hall–Kier alpha value is -1.52. The summed E-state index contributed by atoms with van der Waals surface area (Å²) in [5.74, 6) is -0.235. The van der Waals surface area contributed by atoms with E-state index in [4.69, 9.17) is 17.3 Å². The molecule has 3 nitrogen and oxygen atoms in total. The number of aryl methyl sites for hydroxylation is 1. The molecule has 0 atom stereocenters. The van der Waals surface area contributed by atoms with Crippen LogP contribution in [0.5, 0.6) is 0 Å². The van der Waals surface area contributed by atoms with Crippen LogP contribution in [-0.2, 0) is 0 Å². The molecule has 0 heterocycles. The average Bonchev–Trinajstić information content (AvgIpc) is 2.33. The molecule has 5 heteroatoms. The van der Waals surface area contributed by atoms with E-state index in [0.717, 1.165) is 5.56 Å². The van der Waals surface area contributed by atoms with Crippen molar-refractivity contribution < 1.29 is 4.79 Å². The second-order valence-corrected chi connectivity index (χ2v) is 5.46. The number of nitrogen functional groups attached to an aromatic ring is 1. The summed E-state index contributed by atoms with van der Waals surface area (Å²) in [5, 5.41) is 3.36. The number of nitrogens with two attached hydrogens (primary N) is 1. The molecule has 2 rings (SSSR count). The van der Waals surface area contributed by atoms with Crippen molar-refractivity contribution in [2.24, 2.45) is 0 Å². The van der Waals surface area contributed by atoms with Crippen molar-refractivity contribution in [1.29, 1.82) is 0 Å². The van der Waals surface area contributed by atoms with E-state index in [1.165, 1.54) is 0 Å². The fourth-order valence-corrected chi connectivity index (χ4v) is 2.50. The first-order valence-corrected chi connectivity index (χ1v) is 6.77. The Labute approximate surface area is 124 Å². The van der Waals surface area contributed by atoms with Gasteiger partial charge in [0, 0.05) is 9.50 Å². The lowest BCUT2D eigenvalue weighted by molar-refractivity contribution is 0.102. The van der Waals surface area contributed by atoms with Crippen LogP contribution in [0, 0.1) is 6.92 Å². The summed E-state index contributed by atoms with van der Waals surface area (Å²) < 4.78 is 0.642. The number of anilines is 2. The third-order valence-electron chi connectivity index (χ3n) is 2.63. The van der Waals surface area contributed by atoms with Crippen molar-refractivity contribution in [1.82, 2.24) is 0 Å². The quantitative estimate of drug-likeness (QED) is 0.804. The van der Waals surface area contributed by atoms with Crippen molar-refractivity contribution >= 4 is 44.8 Å². The number of benzene rings is 2. The second kappa shape index (κ2) is 5.63. The zero-order chi connectivity index (χ0) is 14.0. The summed E-state index contributed by atoms with van der Waals surface area (Å²) in [6, 6.07) is 10.5. The van der Waals surface area contributed by atoms with Gasteiger partial charge in [0.15, 0.2) is 0 Å². The fraction of sp³-hybridized carbons (Fsp3) is 0.0714. The number of halogens is 2. The van der Waals surface area contributed by atoms with Gasteiger partial charge >= 0.3 is 0 Å². The molecular formula is C14H12BrClN2O. The van der Waals surface area contributed by atoms with E-state index in [1.807, 2.05) is 19.1 Å². The number of amides is 1. The van der Waals surface area contributed by atoms with Crippen LogP contribution in [0.4, 0.5) is 11.4 Å². The Kier molecular flexibility index (Phi) is 4.12. The van der Waals surface area contributed by atoms with E-state index >= 15 is 0 Å². The first-order valence-electron chi connectivity index (χ1n) is 5.60. The third-order valence-corrected chi connectivity index (χ3v) is 3.52. The lowest BCUT2D eigenvalue weighted by Gasteiger charge is -2.10. The van der Waals surface area contributed by atoms with Gasteiger partial charge in [-0.2, -0.15) is 0 Å². The molecule has 0 aromatic heterocycles. The molecule has 0 bridgehead atoms. The molecule has 0 saturated heterocycles. The standard InChI is InChI=1S/C14H12BrClN2O/c1-8-2-5-12(17)13(6-8)18-14(19)10-4-3-9(16)7-11(10)15/h2-7H,17H2,1H3,(H,18,19). The van der Waals surface area contributed by atoms with E-state index < -0.39 is 0 Å². The largest absolute Gasteiger partial charge is 0.397 e. The van der Waals surface area contributed by atoms with Crippen molar-refractivity contribution in [3.8, 4) is 0 Å². The highest BCUT2D eigenvalue weighted by Gasteiger charge is 2.12. The predicted octanol–water partition coefficient (Wildman–Crippen LogP) is 4.25. The third kappa shape index (κ3) is 3.28. The molecule has 2 aromatic rings. The average molecular weight is 340 g/mol. The first kappa shape index (κ1) is 13.9. The highest BCUT2D eigenvalue weighted by Crippen LogP contribution is 2.24. The molecule has 0 radical (unpaired) electrons. The predicted molar refractivity (Wildman–Crippen MR) is 82.7 cm³/mol. The molecule has 1 amide bonds. The Bertz CT molecular complexity index is 643. The minimum absolute atomic E-state index is 0.235. The number of carbonyl (C=O) groups excluding carboxylic acids is 1. The number of nitrogens with one attached hydrogen (secondary N) is 1. The van der Waals surface area contributed by atoms with E-state index in [0.29, 0.717) is 26.4 Å². The van der Waals surface area contributed by atoms with Gasteiger partial charge in [0.25, 0.3) is 5.91 Å². The molecule has 98 valence electrons. The van der Waals surface area contributed by atoms with E-state index in [2.05, 4.69) is 21.2 Å². The van der Waals surface area contributed by atoms with Gasteiger partial charge in [-0.25, -0.2) is 0 Å². The van der Waals surface area contributed by atoms with Crippen LogP contribution in [0.2, 0.25) is 5.02 Å². The Morgan fingerprint density at radius 1 is 1.26 bits per heavy atom. The van der Waals surface area contributed by atoms with Gasteiger partial charge in [0.05, 0.1) is 16.9 Å². The molecule has 0 aliphatic carbocycles. The van der Waals surface area contributed by atoms with Crippen LogP contribution in [0.15, 0.2) is 40.9 Å². The molecular weight excluding hydrogens is 328 g/mol. The number of carbonyl (C=O) groups is 1. The number of hydrogen-bond acceptors (Lipinski definition) is 2. The molecule has 2 aromatic carbocycles. The minimum Gasteiger partial charge on any atom is -0.397 e. The maximum absolute atomic E-state index is 12.2. The van der Waals surface area contributed by atoms with Crippen molar-refractivity contribution in [2.75, 3.05) is 11.1 Å². The lowest BCUT2D eigenvalue weighted by Crippen LogP contribution is -2.13.